The molecule has 4 heteroatoms. The molecule has 1 N–H and O–H groups in total. The first kappa shape index (κ1) is 11.9. The zero-order valence-electron chi connectivity index (χ0n) is 10.3. The van der Waals surface area contributed by atoms with E-state index in [1.807, 2.05) is 4.90 Å². The Morgan fingerprint density at radius 2 is 2.18 bits per heavy atom. The molecule has 0 aliphatic carbocycles. The summed E-state index contributed by atoms with van der Waals surface area (Å²) < 4.78 is 0. The maximum Gasteiger partial charge on any atom is 0.270 e. The van der Waals surface area contributed by atoms with Gasteiger partial charge in [0.1, 0.15) is 5.69 Å². The molecule has 1 aliphatic rings. The summed E-state index contributed by atoms with van der Waals surface area (Å²) in [5.41, 5.74) is 0.325. The number of likely N-dealkylation sites (tertiary alicyclic amines) is 1. The lowest BCUT2D eigenvalue weighted by Crippen LogP contribution is -2.44. The van der Waals surface area contributed by atoms with Crippen molar-refractivity contribution in [1.29, 1.82) is 0 Å². The van der Waals surface area contributed by atoms with Gasteiger partial charge in [0.15, 0.2) is 0 Å². The molecule has 0 radical (unpaired) electrons. The van der Waals surface area contributed by atoms with Crippen molar-refractivity contribution in [2.75, 3.05) is 13.1 Å². The summed E-state index contributed by atoms with van der Waals surface area (Å²) >= 11 is 0. The summed E-state index contributed by atoms with van der Waals surface area (Å²) in [6.45, 7) is 5.86. The number of H-pyrrole nitrogens is 1. The first-order valence-corrected chi connectivity index (χ1v) is 5.97. The highest BCUT2D eigenvalue weighted by Crippen LogP contribution is 2.28. The van der Waals surface area contributed by atoms with Crippen LogP contribution in [0.2, 0.25) is 0 Å². The van der Waals surface area contributed by atoms with Crippen LogP contribution in [0.15, 0.2) is 23.0 Å². The predicted molar refractivity (Wildman–Crippen MR) is 66.0 cm³/mol. The van der Waals surface area contributed by atoms with Gasteiger partial charge in [-0.15, -0.1) is 0 Å². The quantitative estimate of drug-likeness (QED) is 0.803. The largest absolute Gasteiger partial charge is 0.337 e. The number of rotatable bonds is 1. The van der Waals surface area contributed by atoms with Gasteiger partial charge in [-0.2, -0.15) is 0 Å². The van der Waals surface area contributed by atoms with Crippen LogP contribution in [-0.4, -0.2) is 28.9 Å². The molecular formula is C13H18N2O2. The molecule has 0 saturated carbocycles. The van der Waals surface area contributed by atoms with Crippen LogP contribution in [-0.2, 0) is 0 Å². The van der Waals surface area contributed by atoms with Crippen LogP contribution < -0.4 is 5.56 Å². The maximum atomic E-state index is 12.2. The van der Waals surface area contributed by atoms with Gasteiger partial charge < -0.3 is 9.88 Å². The molecule has 92 valence electrons. The van der Waals surface area contributed by atoms with Crippen LogP contribution in [0.1, 0.15) is 37.2 Å². The highest BCUT2D eigenvalue weighted by atomic mass is 16.2. The van der Waals surface area contributed by atoms with E-state index in [-0.39, 0.29) is 16.9 Å². The van der Waals surface area contributed by atoms with Gasteiger partial charge in [-0.25, -0.2) is 0 Å². The van der Waals surface area contributed by atoms with Crippen molar-refractivity contribution in [3.8, 4) is 0 Å². The van der Waals surface area contributed by atoms with Gasteiger partial charge in [0.25, 0.3) is 5.91 Å². The van der Waals surface area contributed by atoms with Gasteiger partial charge in [-0.05, 0) is 24.3 Å². The summed E-state index contributed by atoms with van der Waals surface area (Å²) in [5.74, 6) is -0.0736. The van der Waals surface area contributed by atoms with Crippen molar-refractivity contribution >= 4 is 5.91 Å². The Bertz CT molecular complexity index is 476. The number of piperidine rings is 1. The van der Waals surface area contributed by atoms with Crippen molar-refractivity contribution in [3.05, 3.63) is 34.2 Å². The first-order valence-electron chi connectivity index (χ1n) is 5.97. The van der Waals surface area contributed by atoms with Crippen LogP contribution in [0, 0.1) is 5.41 Å². The van der Waals surface area contributed by atoms with E-state index in [2.05, 4.69) is 18.8 Å². The molecule has 0 spiro atoms. The monoisotopic (exact) mass is 234 g/mol. The number of carbonyl (C=O) groups is 1. The number of aromatic nitrogens is 1. The summed E-state index contributed by atoms with van der Waals surface area (Å²) in [6.07, 6.45) is 2.16. The van der Waals surface area contributed by atoms with Gasteiger partial charge in [0.2, 0.25) is 5.56 Å². The SMILES string of the molecule is CC1(C)CCCN(C(=O)c2cccc(=O)[nH]2)C1. The average Bonchev–Trinajstić information content (AvgIpc) is 2.26. The van der Waals surface area contributed by atoms with Crippen molar-refractivity contribution in [3.63, 3.8) is 0 Å². The molecule has 0 atom stereocenters. The molecular weight excluding hydrogens is 216 g/mol. The second-order valence-electron chi connectivity index (χ2n) is 5.42. The summed E-state index contributed by atoms with van der Waals surface area (Å²) in [5, 5.41) is 0. The van der Waals surface area contributed by atoms with Crippen molar-refractivity contribution in [2.24, 2.45) is 5.41 Å². The van der Waals surface area contributed by atoms with Gasteiger partial charge in [0, 0.05) is 19.2 Å². The molecule has 1 aliphatic heterocycles. The molecule has 2 rings (SSSR count). The highest BCUT2D eigenvalue weighted by molar-refractivity contribution is 5.92. The summed E-state index contributed by atoms with van der Waals surface area (Å²) in [7, 11) is 0. The van der Waals surface area contributed by atoms with E-state index < -0.39 is 0 Å². The van der Waals surface area contributed by atoms with Crippen LogP contribution in [0.25, 0.3) is 0 Å². The molecule has 0 unspecified atom stereocenters. The molecule has 1 saturated heterocycles. The minimum Gasteiger partial charge on any atom is -0.337 e. The van der Waals surface area contributed by atoms with Gasteiger partial charge >= 0.3 is 0 Å². The molecule has 17 heavy (non-hydrogen) atoms. The van der Waals surface area contributed by atoms with Gasteiger partial charge in [-0.1, -0.05) is 19.9 Å². The smallest absolute Gasteiger partial charge is 0.270 e. The maximum absolute atomic E-state index is 12.2. The number of hydrogen-bond donors (Lipinski definition) is 1. The molecule has 1 amide bonds. The van der Waals surface area contributed by atoms with Gasteiger partial charge in [-0.3, -0.25) is 9.59 Å². The number of carbonyl (C=O) groups excluding carboxylic acids is 1. The third kappa shape index (κ3) is 2.75. The van der Waals surface area contributed by atoms with E-state index in [4.69, 9.17) is 0 Å². The zero-order valence-corrected chi connectivity index (χ0v) is 10.3. The fraction of sp³-hybridized carbons (Fsp3) is 0.538. The predicted octanol–water partition coefficient (Wildman–Crippen LogP) is 1.64. The standard InChI is InChI=1S/C13H18N2O2/c1-13(2)7-4-8-15(9-13)12(17)10-5-3-6-11(16)14-10/h3,5-6H,4,7-9H2,1-2H3,(H,14,16). The van der Waals surface area contributed by atoms with Crippen molar-refractivity contribution in [1.82, 2.24) is 9.88 Å². The van der Waals surface area contributed by atoms with E-state index in [1.54, 1.807) is 12.1 Å². The van der Waals surface area contributed by atoms with Crippen LogP contribution in [0.3, 0.4) is 0 Å². The lowest BCUT2D eigenvalue weighted by atomic mass is 9.84. The summed E-state index contributed by atoms with van der Waals surface area (Å²) in [6, 6.07) is 4.68. The first-order chi connectivity index (χ1) is 7.98. The van der Waals surface area contributed by atoms with E-state index >= 15 is 0 Å². The Balaban J connectivity index is 2.18. The molecule has 1 aromatic heterocycles. The third-order valence-corrected chi connectivity index (χ3v) is 3.19. The van der Waals surface area contributed by atoms with Crippen molar-refractivity contribution in [2.45, 2.75) is 26.7 Å². The average molecular weight is 234 g/mol. The number of hydrogen-bond acceptors (Lipinski definition) is 2. The number of amides is 1. The van der Waals surface area contributed by atoms with Crippen LogP contribution >= 0.6 is 0 Å². The van der Waals surface area contributed by atoms with E-state index in [1.165, 1.54) is 6.07 Å². The third-order valence-electron chi connectivity index (χ3n) is 3.19. The molecule has 1 aromatic rings. The number of aromatic amines is 1. The van der Waals surface area contributed by atoms with Crippen LogP contribution in [0.4, 0.5) is 0 Å². The summed E-state index contributed by atoms with van der Waals surface area (Å²) in [4.78, 5) is 27.8. The molecule has 2 heterocycles. The minimum atomic E-state index is -0.230. The lowest BCUT2D eigenvalue weighted by Gasteiger charge is -2.37. The number of nitrogens with zero attached hydrogens (tertiary/aromatic N) is 1. The van der Waals surface area contributed by atoms with E-state index in [0.717, 1.165) is 25.9 Å². The normalized spacial score (nSPS) is 19.1. The lowest BCUT2D eigenvalue weighted by molar-refractivity contribution is 0.0577. The van der Waals surface area contributed by atoms with Crippen LogP contribution in [0.5, 0.6) is 0 Å². The fourth-order valence-electron chi connectivity index (χ4n) is 2.34. The van der Waals surface area contributed by atoms with Gasteiger partial charge in [0.05, 0.1) is 0 Å². The Kier molecular flexibility index (Phi) is 3.05. The fourth-order valence-corrected chi connectivity index (χ4v) is 2.34. The highest BCUT2D eigenvalue weighted by Gasteiger charge is 2.29. The minimum absolute atomic E-state index is 0.0736. The second-order valence-corrected chi connectivity index (χ2v) is 5.42. The second kappa shape index (κ2) is 4.35. The van der Waals surface area contributed by atoms with Crippen molar-refractivity contribution < 1.29 is 4.79 Å². The Morgan fingerprint density at radius 1 is 1.41 bits per heavy atom. The van der Waals surface area contributed by atoms with E-state index in [9.17, 15) is 9.59 Å². The molecule has 0 aromatic carbocycles. The topological polar surface area (TPSA) is 53.2 Å². The number of pyridine rings is 1. The van der Waals surface area contributed by atoms with E-state index in [0.29, 0.717) is 5.69 Å². The Morgan fingerprint density at radius 3 is 2.82 bits per heavy atom. The zero-order chi connectivity index (χ0) is 12.5. The molecule has 4 nitrogen and oxygen atoms in total. The molecule has 0 bridgehead atoms. The number of nitrogens with one attached hydrogen (secondary N) is 1. The Hall–Kier alpha value is -1.58. The molecule has 1 fully saturated rings. The Labute approximate surface area is 101 Å².